The fourth-order valence-electron chi connectivity index (χ4n) is 2.61. The van der Waals surface area contributed by atoms with Gasteiger partial charge in [-0.25, -0.2) is 4.98 Å². The molecule has 0 spiro atoms. The number of hydrogen-bond acceptors (Lipinski definition) is 4. The van der Waals surface area contributed by atoms with Gasteiger partial charge >= 0.3 is 0 Å². The molecule has 1 aromatic carbocycles. The number of carbonyl (C=O) groups is 1. The number of hydrogen-bond donors (Lipinski definition) is 1. The third kappa shape index (κ3) is 2.69. The van der Waals surface area contributed by atoms with E-state index in [1.165, 1.54) is 17.3 Å². The molecule has 1 aliphatic rings. The number of aromatic nitrogens is 1. The second-order valence-electron chi connectivity index (χ2n) is 5.24. The molecule has 2 heterocycles. The van der Waals surface area contributed by atoms with E-state index in [-0.39, 0.29) is 5.91 Å². The number of fused-ring (bicyclic) bond motifs is 1. The Morgan fingerprint density at radius 2 is 2.23 bits per heavy atom. The van der Waals surface area contributed by atoms with Crippen molar-refractivity contribution >= 4 is 11.6 Å². The number of amides is 1. The van der Waals surface area contributed by atoms with Crippen molar-refractivity contribution < 1.29 is 4.79 Å². The predicted octanol–water partition coefficient (Wildman–Crippen LogP) is 2.54. The molecule has 0 saturated carbocycles. The van der Waals surface area contributed by atoms with E-state index in [1.54, 1.807) is 12.1 Å². The number of anilines is 1. The van der Waals surface area contributed by atoms with Crippen molar-refractivity contribution in [3.05, 3.63) is 58.9 Å². The van der Waals surface area contributed by atoms with E-state index in [0.717, 1.165) is 25.3 Å². The average Bonchev–Trinajstić information content (AvgIpc) is 2.99. The first-order valence-electron chi connectivity index (χ1n) is 7.22. The first-order chi connectivity index (χ1) is 10.7. The summed E-state index contributed by atoms with van der Waals surface area (Å²) < 4.78 is 0. The lowest BCUT2D eigenvalue weighted by Gasteiger charge is -2.11. The minimum atomic E-state index is -0.257. The third-order valence-electron chi connectivity index (χ3n) is 3.87. The first kappa shape index (κ1) is 14.2. The van der Waals surface area contributed by atoms with E-state index in [4.69, 9.17) is 5.26 Å². The average molecular weight is 292 g/mol. The molecule has 3 rings (SSSR count). The van der Waals surface area contributed by atoms with Crippen LogP contribution in [0, 0.1) is 11.3 Å². The zero-order chi connectivity index (χ0) is 15.5. The maximum atomic E-state index is 12.3. The van der Waals surface area contributed by atoms with E-state index in [9.17, 15) is 4.79 Å². The number of nitriles is 1. The number of rotatable bonds is 3. The SMILES string of the molecule is CCN1Cc2cccc(NC(=O)c3ccc(C#N)cn3)c2C1. The van der Waals surface area contributed by atoms with Crippen LogP contribution in [0.2, 0.25) is 0 Å². The van der Waals surface area contributed by atoms with Gasteiger partial charge in [0.1, 0.15) is 11.8 Å². The third-order valence-corrected chi connectivity index (χ3v) is 3.87. The summed E-state index contributed by atoms with van der Waals surface area (Å²) in [6.07, 6.45) is 1.41. The summed E-state index contributed by atoms with van der Waals surface area (Å²) >= 11 is 0. The largest absolute Gasteiger partial charge is 0.320 e. The Bertz CT molecular complexity index is 746. The molecule has 0 unspecified atom stereocenters. The molecule has 1 aliphatic heterocycles. The minimum Gasteiger partial charge on any atom is -0.320 e. The van der Waals surface area contributed by atoms with Crippen LogP contribution in [0.4, 0.5) is 5.69 Å². The van der Waals surface area contributed by atoms with Crippen LogP contribution < -0.4 is 5.32 Å². The zero-order valence-corrected chi connectivity index (χ0v) is 12.3. The fourth-order valence-corrected chi connectivity index (χ4v) is 2.61. The topological polar surface area (TPSA) is 69.0 Å². The molecular weight excluding hydrogens is 276 g/mol. The molecule has 0 atom stereocenters. The van der Waals surface area contributed by atoms with Gasteiger partial charge in [0.25, 0.3) is 5.91 Å². The first-order valence-corrected chi connectivity index (χ1v) is 7.22. The smallest absolute Gasteiger partial charge is 0.274 e. The maximum absolute atomic E-state index is 12.3. The molecule has 0 bridgehead atoms. The highest BCUT2D eigenvalue weighted by atomic mass is 16.1. The molecule has 1 N–H and O–H groups in total. The Kier molecular flexibility index (Phi) is 3.86. The normalized spacial score (nSPS) is 13.5. The second-order valence-corrected chi connectivity index (χ2v) is 5.24. The van der Waals surface area contributed by atoms with Crippen LogP contribution in [0.5, 0.6) is 0 Å². The number of nitrogens with one attached hydrogen (secondary N) is 1. The van der Waals surface area contributed by atoms with E-state index in [0.29, 0.717) is 11.3 Å². The Labute approximate surface area is 129 Å². The van der Waals surface area contributed by atoms with Crippen LogP contribution in [-0.4, -0.2) is 22.3 Å². The van der Waals surface area contributed by atoms with Gasteiger partial charge in [0.15, 0.2) is 0 Å². The van der Waals surface area contributed by atoms with Crippen LogP contribution in [-0.2, 0) is 13.1 Å². The fraction of sp³-hybridized carbons (Fsp3) is 0.235. The standard InChI is InChI=1S/C17H16N4O/c1-2-21-10-13-4-3-5-15(14(13)11-21)20-17(22)16-7-6-12(8-18)9-19-16/h3-7,9H,2,10-11H2,1H3,(H,20,22). The molecule has 22 heavy (non-hydrogen) atoms. The second kappa shape index (κ2) is 5.96. The van der Waals surface area contributed by atoms with Crippen molar-refractivity contribution in [1.29, 1.82) is 5.26 Å². The highest BCUT2D eigenvalue weighted by molar-refractivity contribution is 6.03. The summed E-state index contributed by atoms with van der Waals surface area (Å²) in [5, 5.41) is 11.7. The van der Waals surface area contributed by atoms with Gasteiger partial charge in [0.05, 0.1) is 5.56 Å². The number of carbonyl (C=O) groups excluding carboxylic acids is 1. The molecule has 2 aromatic rings. The lowest BCUT2D eigenvalue weighted by atomic mass is 10.1. The maximum Gasteiger partial charge on any atom is 0.274 e. The van der Waals surface area contributed by atoms with Gasteiger partial charge < -0.3 is 5.32 Å². The van der Waals surface area contributed by atoms with Crippen LogP contribution in [0.1, 0.15) is 34.1 Å². The van der Waals surface area contributed by atoms with Gasteiger partial charge in [0.2, 0.25) is 0 Å². The van der Waals surface area contributed by atoms with E-state index >= 15 is 0 Å². The molecule has 1 amide bonds. The highest BCUT2D eigenvalue weighted by Gasteiger charge is 2.21. The van der Waals surface area contributed by atoms with Gasteiger partial charge in [-0.05, 0) is 35.9 Å². The Morgan fingerprint density at radius 1 is 1.36 bits per heavy atom. The van der Waals surface area contributed by atoms with Crippen molar-refractivity contribution in [2.75, 3.05) is 11.9 Å². The minimum absolute atomic E-state index is 0.257. The summed E-state index contributed by atoms with van der Waals surface area (Å²) in [6.45, 7) is 4.89. The lowest BCUT2D eigenvalue weighted by molar-refractivity contribution is 0.102. The Morgan fingerprint density at radius 3 is 2.91 bits per heavy atom. The molecule has 0 aliphatic carbocycles. The van der Waals surface area contributed by atoms with Gasteiger partial charge in [-0.3, -0.25) is 9.69 Å². The summed E-state index contributed by atoms with van der Waals surface area (Å²) in [5.74, 6) is -0.257. The van der Waals surface area contributed by atoms with Crippen molar-refractivity contribution in [3.63, 3.8) is 0 Å². The molecule has 1 aromatic heterocycles. The van der Waals surface area contributed by atoms with Crippen molar-refractivity contribution in [2.45, 2.75) is 20.0 Å². The number of nitrogens with zero attached hydrogens (tertiary/aromatic N) is 3. The van der Waals surface area contributed by atoms with E-state index in [2.05, 4.69) is 28.2 Å². The lowest BCUT2D eigenvalue weighted by Crippen LogP contribution is -2.16. The van der Waals surface area contributed by atoms with Crippen LogP contribution in [0.3, 0.4) is 0 Å². The summed E-state index contributed by atoms with van der Waals surface area (Å²) in [5.41, 5.74) is 4.01. The molecule has 0 fully saturated rings. The number of benzene rings is 1. The Balaban J connectivity index is 1.81. The zero-order valence-electron chi connectivity index (χ0n) is 12.3. The van der Waals surface area contributed by atoms with Gasteiger partial charge in [-0.2, -0.15) is 5.26 Å². The summed E-state index contributed by atoms with van der Waals surface area (Å²) in [6, 6.07) is 11.1. The molecular formula is C17H16N4O. The highest BCUT2D eigenvalue weighted by Crippen LogP contribution is 2.29. The van der Waals surface area contributed by atoms with Crippen LogP contribution >= 0.6 is 0 Å². The van der Waals surface area contributed by atoms with Gasteiger partial charge in [-0.15, -0.1) is 0 Å². The molecule has 5 heteroatoms. The molecule has 0 radical (unpaired) electrons. The summed E-state index contributed by atoms with van der Waals surface area (Å²) in [7, 11) is 0. The number of pyridine rings is 1. The molecule has 0 saturated heterocycles. The monoisotopic (exact) mass is 292 g/mol. The van der Waals surface area contributed by atoms with Gasteiger partial charge in [-0.1, -0.05) is 19.1 Å². The molecule has 110 valence electrons. The van der Waals surface area contributed by atoms with Crippen molar-refractivity contribution in [3.8, 4) is 6.07 Å². The Hall–Kier alpha value is -2.71. The van der Waals surface area contributed by atoms with Crippen molar-refractivity contribution in [2.24, 2.45) is 0 Å². The van der Waals surface area contributed by atoms with E-state index < -0.39 is 0 Å². The predicted molar refractivity (Wildman–Crippen MR) is 83.1 cm³/mol. The summed E-state index contributed by atoms with van der Waals surface area (Å²) in [4.78, 5) is 18.6. The van der Waals surface area contributed by atoms with Crippen LogP contribution in [0.25, 0.3) is 0 Å². The van der Waals surface area contributed by atoms with Crippen LogP contribution in [0.15, 0.2) is 36.5 Å². The van der Waals surface area contributed by atoms with Crippen molar-refractivity contribution in [1.82, 2.24) is 9.88 Å². The quantitative estimate of drug-likeness (QED) is 0.944. The van der Waals surface area contributed by atoms with E-state index in [1.807, 2.05) is 18.2 Å². The van der Waals surface area contributed by atoms with Gasteiger partial charge in [0, 0.05) is 25.0 Å². The molecule has 5 nitrogen and oxygen atoms in total.